The standard InChI is InChI=1S/C21H26N4O3S/c1-2-28-20(27)17-13-23-21(24-19(17)22)29-14-18(26)25-10-8-16(9-11-25)12-15-6-4-3-5-7-15/h3-7,13,16H,2,8-12,14H2,1H3,(H2,22,23,24). The van der Waals surface area contributed by atoms with Crippen molar-refractivity contribution in [3.05, 3.63) is 47.7 Å². The van der Waals surface area contributed by atoms with E-state index >= 15 is 0 Å². The predicted octanol–water partition coefficient (Wildman–Crippen LogP) is 2.81. The second-order valence-electron chi connectivity index (χ2n) is 6.97. The predicted molar refractivity (Wildman–Crippen MR) is 113 cm³/mol. The summed E-state index contributed by atoms with van der Waals surface area (Å²) in [6, 6.07) is 10.5. The first-order valence-electron chi connectivity index (χ1n) is 9.81. The molecule has 0 unspecified atom stereocenters. The number of likely N-dealkylation sites (tertiary alicyclic amines) is 1. The number of carbonyl (C=O) groups is 2. The fraction of sp³-hybridized carbons (Fsp3) is 0.429. The minimum absolute atomic E-state index is 0.0649. The Balaban J connectivity index is 1.45. The summed E-state index contributed by atoms with van der Waals surface area (Å²) in [5.74, 6) is 0.463. The van der Waals surface area contributed by atoms with Crippen LogP contribution in [-0.2, 0) is 16.0 Å². The van der Waals surface area contributed by atoms with Crippen LogP contribution in [0, 0.1) is 5.92 Å². The molecule has 1 saturated heterocycles. The number of hydrogen-bond donors (Lipinski definition) is 1. The Kier molecular flexibility index (Phi) is 7.46. The van der Waals surface area contributed by atoms with E-state index in [1.165, 1.54) is 23.5 Å². The number of esters is 1. The number of amides is 1. The van der Waals surface area contributed by atoms with Crippen molar-refractivity contribution in [3.8, 4) is 0 Å². The highest BCUT2D eigenvalue weighted by Gasteiger charge is 2.23. The Hall–Kier alpha value is -2.61. The molecule has 0 aliphatic carbocycles. The van der Waals surface area contributed by atoms with Crippen LogP contribution in [0.1, 0.15) is 35.7 Å². The second kappa shape index (κ2) is 10.2. The summed E-state index contributed by atoms with van der Waals surface area (Å²) in [5, 5.41) is 0.378. The van der Waals surface area contributed by atoms with Crippen molar-refractivity contribution in [1.82, 2.24) is 14.9 Å². The molecule has 1 amide bonds. The molecule has 1 aliphatic heterocycles. The van der Waals surface area contributed by atoms with Gasteiger partial charge in [-0.05, 0) is 37.7 Å². The van der Waals surface area contributed by atoms with Gasteiger partial charge < -0.3 is 15.4 Å². The van der Waals surface area contributed by atoms with Gasteiger partial charge in [0.25, 0.3) is 0 Å². The van der Waals surface area contributed by atoms with Gasteiger partial charge in [0.05, 0.1) is 12.4 Å². The molecular weight excluding hydrogens is 388 g/mol. The first kappa shape index (κ1) is 21.1. The number of piperidine rings is 1. The Morgan fingerprint density at radius 2 is 1.97 bits per heavy atom. The SMILES string of the molecule is CCOC(=O)c1cnc(SCC(=O)N2CCC(Cc3ccccc3)CC2)nc1N. The van der Waals surface area contributed by atoms with Crippen LogP contribution in [0.15, 0.2) is 41.7 Å². The Morgan fingerprint density at radius 3 is 2.62 bits per heavy atom. The fourth-order valence-electron chi connectivity index (χ4n) is 3.37. The van der Waals surface area contributed by atoms with E-state index in [4.69, 9.17) is 10.5 Å². The molecule has 0 saturated carbocycles. The van der Waals surface area contributed by atoms with Crippen LogP contribution in [0.25, 0.3) is 0 Å². The Bertz CT molecular complexity index is 839. The number of thioether (sulfide) groups is 1. The third-order valence-electron chi connectivity index (χ3n) is 4.95. The molecule has 1 fully saturated rings. The number of ether oxygens (including phenoxy) is 1. The van der Waals surface area contributed by atoms with E-state index in [2.05, 4.69) is 34.2 Å². The largest absolute Gasteiger partial charge is 0.462 e. The van der Waals surface area contributed by atoms with Crippen molar-refractivity contribution in [2.45, 2.75) is 31.3 Å². The van der Waals surface area contributed by atoms with Gasteiger partial charge in [-0.3, -0.25) is 4.79 Å². The van der Waals surface area contributed by atoms with Crippen molar-refractivity contribution >= 4 is 29.5 Å². The summed E-state index contributed by atoms with van der Waals surface area (Å²) >= 11 is 1.23. The van der Waals surface area contributed by atoms with E-state index < -0.39 is 5.97 Å². The van der Waals surface area contributed by atoms with Crippen molar-refractivity contribution in [3.63, 3.8) is 0 Å². The van der Waals surface area contributed by atoms with Gasteiger partial charge in [-0.2, -0.15) is 0 Å². The molecule has 1 aromatic carbocycles. The van der Waals surface area contributed by atoms with Gasteiger partial charge in [-0.15, -0.1) is 0 Å². The summed E-state index contributed by atoms with van der Waals surface area (Å²) in [7, 11) is 0. The van der Waals surface area contributed by atoms with Crippen LogP contribution >= 0.6 is 11.8 Å². The molecule has 2 aromatic rings. The summed E-state index contributed by atoms with van der Waals surface area (Å²) in [6.07, 6.45) is 4.45. The number of nitrogens with two attached hydrogens (primary N) is 1. The summed E-state index contributed by atoms with van der Waals surface area (Å²) in [6.45, 7) is 3.53. The van der Waals surface area contributed by atoms with Crippen molar-refractivity contribution < 1.29 is 14.3 Å². The maximum atomic E-state index is 12.5. The lowest BCUT2D eigenvalue weighted by Gasteiger charge is -2.32. The zero-order valence-corrected chi connectivity index (χ0v) is 17.4. The van der Waals surface area contributed by atoms with Crippen molar-refractivity contribution in [2.24, 2.45) is 5.92 Å². The average Bonchev–Trinajstić information content (AvgIpc) is 2.73. The molecule has 7 nitrogen and oxygen atoms in total. The minimum Gasteiger partial charge on any atom is -0.462 e. The van der Waals surface area contributed by atoms with Gasteiger partial charge in [0, 0.05) is 19.3 Å². The smallest absolute Gasteiger partial charge is 0.343 e. The van der Waals surface area contributed by atoms with Gasteiger partial charge >= 0.3 is 5.97 Å². The molecule has 2 heterocycles. The number of nitrogen functional groups attached to an aromatic ring is 1. The molecule has 1 aliphatic rings. The van der Waals surface area contributed by atoms with Gasteiger partial charge in [0.15, 0.2) is 5.16 Å². The van der Waals surface area contributed by atoms with Gasteiger partial charge in [0.2, 0.25) is 5.91 Å². The Morgan fingerprint density at radius 1 is 1.24 bits per heavy atom. The molecule has 0 atom stereocenters. The lowest BCUT2D eigenvalue weighted by atomic mass is 9.90. The topological polar surface area (TPSA) is 98.4 Å². The molecule has 0 bridgehead atoms. The van der Waals surface area contributed by atoms with Crippen LogP contribution in [0.5, 0.6) is 0 Å². The van der Waals surface area contributed by atoms with Crippen molar-refractivity contribution in [1.29, 1.82) is 0 Å². The van der Waals surface area contributed by atoms with Crippen molar-refractivity contribution in [2.75, 3.05) is 31.2 Å². The van der Waals surface area contributed by atoms with Gasteiger partial charge in [-0.1, -0.05) is 42.1 Å². The Labute approximate surface area is 175 Å². The van der Waals surface area contributed by atoms with E-state index in [0.29, 0.717) is 11.1 Å². The molecule has 154 valence electrons. The summed E-state index contributed by atoms with van der Waals surface area (Å²) in [5.41, 5.74) is 7.32. The second-order valence-corrected chi connectivity index (χ2v) is 7.92. The first-order chi connectivity index (χ1) is 14.1. The van der Waals surface area contributed by atoms with E-state index in [1.807, 2.05) is 11.0 Å². The van der Waals surface area contributed by atoms with Crippen LogP contribution in [-0.4, -0.2) is 52.2 Å². The van der Waals surface area contributed by atoms with Crippen LogP contribution in [0.2, 0.25) is 0 Å². The van der Waals surface area contributed by atoms with E-state index in [1.54, 1.807) is 6.92 Å². The fourth-order valence-corrected chi connectivity index (χ4v) is 4.09. The normalized spacial score (nSPS) is 14.6. The molecule has 0 spiro atoms. The van der Waals surface area contributed by atoms with Gasteiger partial charge in [-0.25, -0.2) is 14.8 Å². The third-order valence-corrected chi connectivity index (χ3v) is 5.80. The number of carbonyl (C=O) groups excluding carboxylic acids is 2. The number of aromatic nitrogens is 2. The lowest BCUT2D eigenvalue weighted by molar-refractivity contribution is -0.129. The lowest BCUT2D eigenvalue weighted by Crippen LogP contribution is -2.39. The molecular formula is C21H26N4O3S. The van der Waals surface area contributed by atoms with Crippen LogP contribution in [0.4, 0.5) is 5.82 Å². The van der Waals surface area contributed by atoms with E-state index in [9.17, 15) is 9.59 Å². The van der Waals surface area contributed by atoms with Gasteiger partial charge in [0.1, 0.15) is 11.4 Å². The van der Waals surface area contributed by atoms with Crippen LogP contribution < -0.4 is 5.73 Å². The quantitative estimate of drug-likeness (QED) is 0.422. The first-order valence-corrected chi connectivity index (χ1v) is 10.8. The van der Waals surface area contributed by atoms with E-state index in [0.717, 1.165) is 32.4 Å². The summed E-state index contributed by atoms with van der Waals surface area (Å²) in [4.78, 5) is 34.4. The molecule has 0 radical (unpaired) electrons. The molecule has 3 rings (SSSR count). The number of anilines is 1. The van der Waals surface area contributed by atoms with E-state index in [-0.39, 0.29) is 29.6 Å². The monoisotopic (exact) mass is 414 g/mol. The molecule has 2 N–H and O–H groups in total. The summed E-state index contributed by atoms with van der Waals surface area (Å²) < 4.78 is 4.91. The number of nitrogens with zero attached hydrogens (tertiary/aromatic N) is 3. The highest BCUT2D eigenvalue weighted by molar-refractivity contribution is 7.99. The molecule has 1 aromatic heterocycles. The number of hydrogen-bond acceptors (Lipinski definition) is 7. The maximum Gasteiger partial charge on any atom is 0.343 e. The van der Waals surface area contributed by atoms with Crippen LogP contribution in [0.3, 0.4) is 0 Å². The molecule has 8 heteroatoms. The molecule has 29 heavy (non-hydrogen) atoms. The zero-order valence-electron chi connectivity index (χ0n) is 16.5. The zero-order chi connectivity index (χ0) is 20.6. The number of benzene rings is 1. The minimum atomic E-state index is -0.545. The highest BCUT2D eigenvalue weighted by Crippen LogP contribution is 2.23. The maximum absolute atomic E-state index is 12.5. The third kappa shape index (κ3) is 5.93. The average molecular weight is 415 g/mol. The number of rotatable bonds is 7. The highest BCUT2D eigenvalue weighted by atomic mass is 32.2.